The molecule has 1 amide bonds. The van der Waals surface area contributed by atoms with Crippen LogP contribution in [-0.4, -0.2) is 171 Å². The molecular weight excluding hydrogens is 1260 g/mol. The summed E-state index contributed by atoms with van der Waals surface area (Å²) in [5.74, 6) is -10.5. The molecule has 0 aromatic carbocycles. The van der Waals surface area contributed by atoms with Crippen LogP contribution in [0.4, 0.5) is 0 Å². The Labute approximate surface area is 498 Å². The molecule has 4 heterocycles. The molecule has 0 spiro atoms. The maximum absolute atomic E-state index is 12.9. The first-order chi connectivity index (χ1) is 38.9. The maximum atomic E-state index is 12.9. The highest BCUT2D eigenvalue weighted by atomic mass is 32.3. The Morgan fingerprint density at radius 1 is 0.529 bits per heavy atom. The fourth-order valence-electron chi connectivity index (χ4n) is 7.13. The molecule has 0 bridgehead atoms. The molecule has 6 N–H and O–H groups in total. The Morgan fingerprint density at radius 3 is 1.11 bits per heavy atom. The van der Waals surface area contributed by atoms with Gasteiger partial charge in [0.1, 0.15) is 16.8 Å². The second-order valence-corrected chi connectivity index (χ2v) is 29.8. The Hall–Kier alpha value is -6.22. The fraction of sp³-hybridized carbons (Fsp3) is 0.625. The number of nitrogens with one attached hydrogen (secondary N) is 3. The van der Waals surface area contributed by atoms with Crippen molar-refractivity contribution in [3.05, 3.63) is 23.3 Å². The number of esters is 8. The molecule has 12 atom stereocenters. The first-order valence-electron chi connectivity index (χ1n) is 25.6. The molecule has 0 fully saturated rings. The monoisotopic (exact) mass is 1330 g/mol. The van der Waals surface area contributed by atoms with Crippen LogP contribution in [0.5, 0.6) is 0 Å². The molecule has 31 nitrogen and oxygen atoms in total. The van der Waals surface area contributed by atoms with E-state index in [0.29, 0.717) is 42.0 Å². The molecule has 85 heavy (non-hydrogen) atoms. The molecule has 0 saturated heterocycles. The van der Waals surface area contributed by atoms with Crippen LogP contribution < -0.4 is 20.5 Å². The minimum atomic E-state index is -4.55. The van der Waals surface area contributed by atoms with Gasteiger partial charge < -0.3 is 53.6 Å². The summed E-state index contributed by atoms with van der Waals surface area (Å²) in [5, 5.41) is 18.7. The van der Waals surface area contributed by atoms with E-state index < -0.39 is 169 Å². The van der Waals surface area contributed by atoms with E-state index in [4.69, 9.17) is 33.9 Å². The Bertz CT molecular complexity index is 3290. The summed E-state index contributed by atoms with van der Waals surface area (Å²) in [6.07, 6.45) is -10.7. The van der Waals surface area contributed by atoms with Crippen LogP contribution in [0.25, 0.3) is 0 Å². The summed E-state index contributed by atoms with van der Waals surface area (Å²) in [4.78, 5) is 116. The Morgan fingerprint density at radius 2 is 0.812 bits per heavy atom. The number of carboxylic acid groups (broad SMARTS) is 1. The number of hydrogen-bond donors (Lipinski definition) is 5. The third kappa shape index (κ3) is 21.3. The number of amides is 1. The summed E-state index contributed by atoms with van der Waals surface area (Å²) in [6, 6.07) is 2.04. The minimum Gasteiger partial charge on any atom is -0.479 e. The van der Waals surface area contributed by atoms with Crippen molar-refractivity contribution in [1.29, 1.82) is 0 Å². The van der Waals surface area contributed by atoms with Crippen LogP contribution in [0, 0.1) is 0 Å². The van der Waals surface area contributed by atoms with Gasteiger partial charge in [-0.15, -0.1) is 22.7 Å². The summed E-state index contributed by atoms with van der Waals surface area (Å²) in [5.41, 5.74) is 0.817. The number of primary sulfonamides is 1. The number of sulfonamides is 2. The van der Waals surface area contributed by atoms with E-state index in [-0.39, 0.29) is 25.1 Å². The largest absolute Gasteiger partial charge is 0.479 e. The van der Waals surface area contributed by atoms with E-state index in [9.17, 15) is 81.6 Å². The van der Waals surface area contributed by atoms with Crippen molar-refractivity contribution in [2.45, 2.75) is 198 Å². The number of carboxylic acids is 1. The van der Waals surface area contributed by atoms with Crippen molar-refractivity contribution in [2.75, 3.05) is 13.1 Å². The zero-order valence-electron chi connectivity index (χ0n) is 48.5. The number of carbonyl (C=O) groups is 10. The lowest BCUT2D eigenvalue weighted by Gasteiger charge is -2.27. The highest BCUT2D eigenvalue weighted by Crippen LogP contribution is 2.44. The lowest BCUT2D eigenvalue weighted by molar-refractivity contribution is -0.184. The third-order valence-corrected chi connectivity index (χ3v) is 22.7. The Balaban J connectivity index is 0.000000482. The fourth-order valence-corrected chi connectivity index (χ4v) is 16.6. The number of thiophene rings is 2. The number of sulfone groups is 2. The molecule has 4 rings (SSSR count). The van der Waals surface area contributed by atoms with E-state index in [2.05, 4.69) is 24.8 Å². The van der Waals surface area contributed by atoms with Crippen molar-refractivity contribution < 1.29 is 125 Å². The second-order valence-electron chi connectivity index (χ2n) is 18.9. The van der Waals surface area contributed by atoms with Gasteiger partial charge in [-0.2, -0.15) is 0 Å². The van der Waals surface area contributed by atoms with Crippen molar-refractivity contribution >= 4 is 122 Å². The number of hydrogen-bond acceptors (Lipinski definition) is 30. The first kappa shape index (κ1) is 74.9. The molecule has 2 aliphatic heterocycles. The van der Waals surface area contributed by atoms with Crippen LogP contribution >= 0.6 is 22.7 Å². The van der Waals surface area contributed by atoms with Crippen molar-refractivity contribution in [1.82, 2.24) is 15.4 Å². The van der Waals surface area contributed by atoms with Gasteiger partial charge in [-0.1, -0.05) is 13.8 Å². The molecule has 0 aliphatic carbocycles. The van der Waals surface area contributed by atoms with E-state index in [1.165, 1.54) is 46.8 Å². The van der Waals surface area contributed by atoms with Gasteiger partial charge in [-0.3, -0.25) is 14.4 Å². The standard InChI is InChI=1S/C24H34N2O13S3.C14H20O10.C10H16N2O4S3/c1-8-25-18-9-11(2)41(32,33)24-17(18)10-19(40-24)42(34,35)26-20(28)12(3)37-22(30)14(5)39-23(31)15(6)38-21(29)13(4)36-16(7)27;1-6(11(16)17)22-13(19)8(3)24-14(20)9(4)23-12(18)7(2)21-10(5)15;1-3-12-8-4-6(2)18(13,14)10-7(8)5-9(17-10)19(11,15)16/h10-15,18,25H,8-9H2,1-7H3,(H,26,28);6-9H,1-5H3,(H,16,17);5-6,8,12H,3-4H2,1-2H3,(H2,11,15,16)/t11-,12-,13-,14-,15-,18-;6-,7+,8-,9-;6-,8-/m010/s1. The molecule has 480 valence electrons. The average molecular weight is 1330 g/mol. The molecular formula is C48H70N4O27S6. The van der Waals surface area contributed by atoms with Crippen molar-refractivity contribution in [3.63, 3.8) is 0 Å². The highest BCUT2D eigenvalue weighted by molar-refractivity contribution is 7.96. The molecule has 0 unspecified atom stereocenters. The number of aliphatic carboxylic acids is 1. The molecule has 2 aromatic heterocycles. The smallest absolute Gasteiger partial charge is 0.347 e. The summed E-state index contributed by atoms with van der Waals surface area (Å²) >= 11 is 1.26. The molecule has 2 aliphatic rings. The van der Waals surface area contributed by atoms with Crippen molar-refractivity contribution in [2.24, 2.45) is 5.14 Å². The predicted molar refractivity (Wildman–Crippen MR) is 294 cm³/mol. The number of ether oxygens (including phenoxy) is 8. The van der Waals surface area contributed by atoms with Gasteiger partial charge in [0.2, 0.25) is 10.0 Å². The van der Waals surface area contributed by atoms with Crippen LogP contribution in [0.1, 0.15) is 133 Å². The molecule has 0 saturated carbocycles. The summed E-state index contributed by atoms with van der Waals surface area (Å²) in [6.45, 7) is 19.6. The lowest BCUT2D eigenvalue weighted by atomic mass is 10.1. The van der Waals surface area contributed by atoms with Gasteiger partial charge in [-0.05, 0) is 107 Å². The second kappa shape index (κ2) is 31.4. The van der Waals surface area contributed by atoms with E-state index in [0.717, 1.165) is 52.9 Å². The summed E-state index contributed by atoms with van der Waals surface area (Å²) < 4.78 is 138. The predicted octanol–water partition coefficient (Wildman–Crippen LogP) is 0.946. The molecule has 2 aromatic rings. The zero-order chi connectivity index (χ0) is 65.6. The van der Waals surface area contributed by atoms with Crippen LogP contribution in [0.2, 0.25) is 0 Å². The molecule has 37 heteroatoms. The topological polar surface area (TPSA) is 463 Å². The minimum absolute atomic E-state index is 0.0990. The highest BCUT2D eigenvalue weighted by Gasteiger charge is 2.42. The normalized spacial score (nSPS) is 20.3. The zero-order valence-corrected chi connectivity index (χ0v) is 53.4. The first-order valence-corrected chi connectivity index (χ1v) is 33.3. The van der Waals surface area contributed by atoms with E-state index in [1.54, 1.807) is 11.6 Å². The van der Waals surface area contributed by atoms with Gasteiger partial charge in [-0.25, -0.2) is 77.1 Å². The lowest BCUT2D eigenvalue weighted by Crippen LogP contribution is -2.41. The van der Waals surface area contributed by atoms with Gasteiger partial charge >= 0.3 is 53.7 Å². The average Bonchev–Trinajstić information content (AvgIpc) is 2.43. The third-order valence-electron chi connectivity index (χ3n) is 11.7. The van der Waals surface area contributed by atoms with Crippen LogP contribution in [0.3, 0.4) is 0 Å². The molecule has 0 radical (unpaired) electrons. The SMILES string of the molecule is CC(=O)O[C@@H](C)C(=O)O[C@H](C)C(=O)O[C@H](C)C(=O)O[C@H](C)C(=O)O.CCN[C@H]1C[C@H](C)S(=O)(=O)c2sc(S(=O)(=O)NC(=O)[C@H](C)OC(=O)[C@H](C)OC(=O)[C@H](C)OC(=O)[C@H](C)OC(C)=O)cc21.CCN[C@H]1C[C@H](C)S(=O)(=O)c2sc(S(N)(=O)=O)cc21. The maximum Gasteiger partial charge on any atom is 0.347 e. The number of nitrogens with two attached hydrogens (primary N) is 1. The van der Waals surface area contributed by atoms with E-state index in [1.807, 2.05) is 13.8 Å². The van der Waals surface area contributed by atoms with Crippen molar-refractivity contribution in [3.8, 4) is 0 Å². The van der Waals surface area contributed by atoms with E-state index >= 15 is 0 Å². The number of carbonyl (C=O) groups excluding carboxylic acids is 9. The van der Waals surface area contributed by atoms with Gasteiger partial charge in [0, 0.05) is 37.1 Å². The van der Waals surface area contributed by atoms with Gasteiger partial charge in [0.25, 0.3) is 15.9 Å². The van der Waals surface area contributed by atoms with Crippen LogP contribution in [-0.2, 0) is 126 Å². The van der Waals surface area contributed by atoms with Gasteiger partial charge in [0.15, 0.2) is 68.5 Å². The van der Waals surface area contributed by atoms with Gasteiger partial charge in [0.05, 0.1) is 10.5 Å². The quantitative estimate of drug-likeness (QED) is 0.0763. The number of rotatable bonds is 23. The summed E-state index contributed by atoms with van der Waals surface area (Å²) in [7, 11) is -15.6. The number of fused-ring (bicyclic) bond motifs is 2. The van der Waals surface area contributed by atoms with Crippen LogP contribution in [0.15, 0.2) is 29.0 Å². The Kier molecular flexibility index (Phi) is 27.7.